The van der Waals surface area contributed by atoms with Crippen molar-refractivity contribution in [1.82, 2.24) is 0 Å². The predicted octanol–water partition coefficient (Wildman–Crippen LogP) is 4.71. The van der Waals surface area contributed by atoms with Crippen LogP contribution in [0, 0.1) is 0 Å². The number of amides is 1. The van der Waals surface area contributed by atoms with Gasteiger partial charge in [0.25, 0.3) is 5.91 Å². The number of rotatable bonds is 7. The predicted molar refractivity (Wildman–Crippen MR) is 104 cm³/mol. The zero-order valence-electron chi connectivity index (χ0n) is 15.0. The summed E-state index contributed by atoms with van der Waals surface area (Å²) >= 11 is 0. The molecule has 0 aliphatic carbocycles. The van der Waals surface area contributed by atoms with Gasteiger partial charge in [-0.2, -0.15) is 0 Å². The van der Waals surface area contributed by atoms with Gasteiger partial charge < -0.3 is 9.73 Å². The molecular formula is C21H21NO4S. The lowest BCUT2D eigenvalue weighted by molar-refractivity contribution is 0.0991. The van der Waals surface area contributed by atoms with Crippen LogP contribution in [0.3, 0.4) is 0 Å². The first-order valence-electron chi connectivity index (χ1n) is 8.81. The van der Waals surface area contributed by atoms with Crippen LogP contribution in [-0.4, -0.2) is 14.3 Å². The molecule has 0 spiro atoms. The van der Waals surface area contributed by atoms with Gasteiger partial charge in [0.05, 0.1) is 4.90 Å². The van der Waals surface area contributed by atoms with Crippen LogP contribution in [0.2, 0.25) is 0 Å². The molecule has 0 radical (unpaired) electrons. The molecule has 0 saturated carbocycles. The van der Waals surface area contributed by atoms with Crippen molar-refractivity contribution in [3.05, 3.63) is 78.1 Å². The molecule has 0 aliphatic rings. The minimum atomic E-state index is -3.79. The molecule has 5 nitrogen and oxygen atoms in total. The van der Waals surface area contributed by atoms with Crippen molar-refractivity contribution in [3.8, 4) is 0 Å². The summed E-state index contributed by atoms with van der Waals surface area (Å²) in [6.45, 7) is 2.14. The van der Waals surface area contributed by atoms with Crippen LogP contribution in [0.4, 0.5) is 5.69 Å². The van der Waals surface area contributed by atoms with Gasteiger partial charge in [-0.1, -0.05) is 43.7 Å². The summed E-state index contributed by atoms with van der Waals surface area (Å²) in [4.78, 5) is 12.5. The van der Waals surface area contributed by atoms with E-state index >= 15 is 0 Å². The standard InChI is InChI=1S/C21H21NO4S/c1-2-3-7-16-10-12-17(13-11-16)22-21(23)19-14-15-20(26-19)27(24,25)18-8-5-4-6-9-18/h4-6,8-15H,2-3,7H2,1H3,(H,22,23). The van der Waals surface area contributed by atoms with Crippen molar-refractivity contribution in [2.45, 2.75) is 36.2 Å². The van der Waals surface area contributed by atoms with Gasteiger partial charge in [-0.3, -0.25) is 4.79 Å². The van der Waals surface area contributed by atoms with Crippen molar-refractivity contribution < 1.29 is 17.6 Å². The highest BCUT2D eigenvalue weighted by Gasteiger charge is 2.23. The van der Waals surface area contributed by atoms with Gasteiger partial charge in [-0.25, -0.2) is 8.42 Å². The van der Waals surface area contributed by atoms with Crippen LogP contribution in [0.5, 0.6) is 0 Å². The Kier molecular flexibility index (Phi) is 5.76. The fourth-order valence-electron chi connectivity index (χ4n) is 2.63. The lowest BCUT2D eigenvalue weighted by Crippen LogP contribution is -2.11. The zero-order chi connectivity index (χ0) is 19.3. The van der Waals surface area contributed by atoms with Crippen LogP contribution in [0.1, 0.15) is 35.9 Å². The summed E-state index contributed by atoms with van der Waals surface area (Å²) in [6.07, 6.45) is 3.26. The molecule has 3 rings (SSSR count). The summed E-state index contributed by atoms with van der Waals surface area (Å²) in [7, 11) is -3.79. The molecule has 140 valence electrons. The molecule has 1 N–H and O–H groups in total. The molecule has 1 aromatic heterocycles. The Hall–Kier alpha value is -2.86. The lowest BCUT2D eigenvalue weighted by Gasteiger charge is -2.05. The largest absolute Gasteiger partial charge is 0.439 e. The lowest BCUT2D eigenvalue weighted by atomic mass is 10.1. The second-order valence-electron chi connectivity index (χ2n) is 6.19. The number of hydrogen-bond donors (Lipinski definition) is 1. The smallest absolute Gasteiger partial charge is 0.291 e. The van der Waals surface area contributed by atoms with Gasteiger partial charge in [-0.05, 0) is 54.8 Å². The molecular weight excluding hydrogens is 362 g/mol. The van der Waals surface area contributed by atoms with Crippen molar-refractivity contribution in [3.63, 3.8) is 0 Å². The van der Waals surface area contributed by atoms with Gasteiger partial charge in [0.2, 0.25) is 14.9 Å². The van der Waals surface area contributed by atoms with E-state index in [4.69, 9.17) is 4.42 Å². The van der Waals surface area contributed by atoms with Gasteiger partial charge in [0.1, 0.15) is 0 Å². The normalized spacial score (nSPS) is 11.3. The van der Waals surface area contributed by atoms with Crippen LogP contribution in [0.25, 0.3) is 0 Å². The number of benzene rings is 2. The third kappa shape index (κ3) is 4.46. The van der Waals surface area contributed by atoms with Gasteiger partial charge in [0, 0.05) is 5.69 Å². The maximum Gasteiger partial charge on any atom is 0.291 e. The number of aryl methyl sites for hydroxylation is 1. The van der Waals surface area contributed by atoms with Crippen molar-refractivity contribution in [2.24, 2.45) is 0 Å². The number of unbranched alkanes of at least 4 members (excludes halogenated alkanes) is 1. The molecule has 1 heterocycles. The fourth-order valence-corrected chi connectivity index (χ4v) is 3.83. The van der Waals surface area contributed by atoms with Crippen molar-refractivity contribution >= 4 is 21.4 Å². The molecule has 3 aromatic rings. The molecule has 0 bridgehead atoms. The van der Waals surface area contributed by atoms with E-state index in [0.717, 1.165) is 19.3 Å². The van der Waals surface area contributed by atoms with Crippen LogP contribution < -0.4 is 5.32 Å². The number of hydrogen-bond acceptors (Lipinski definition) is 4. The SMILES string of the molecule is CCCCc1ccc(NC(=O)c2ccc(S(=O)(=O)c3ccccc3)o2)cc1. The molecule has 2 aromatic carbocycles. The highest BCUT2D eigenvalue weighted by atomic mass is 32.2. The summed E-state index contributed by atoms with van der Waals surface area (Å²) in [6, 6.07) is 18.2. The molecule has 0 aliphatic heterocycles. The monoisotopic (exact) mass is 383 g/mol. The second-order valence-corrected chi connectivity index (χ2v) is 8.07. The van der Waals surface area contributed by atoms with E-state index in [2.05, 4.69) is 12.2 Å². The van der Waals surface area contributed by atoms with Gasteiger partial charge in [0.15, 0.2) is 5.76 Å². The average Bonchev–Trinajstić information content (AvgIpc) is 3.19. The Morgan fingerprint density at radius 3 is 2.33 bits per heavy atom. The Balaban J connectivity index is 1.72. The molecule has 6 heteroatoms. The maximum absolute atomic E-state index is 12.5. The minimum Gasteiger partial charge on any atom is -0.439 e. The van der Waals surface area contributed by atoms with Crippen LogP contribution in [-0.2, 0) is 16.3 Å². The topological polar surface area (TPSA) is 76.4 Å². The quantitative estimate of drug-likeness (QED) is 0.641. The number of nitrogens with one attached hydrogen (secondary N) is 1. The third-order valence-corrected chi connectivity index (χ3v) is 5.80. The van der Waals surface area contributed by atoms with Crippen LogP contribution in [0.15, 0.2) is 81.1 Å². The summed E-state index contributed by atoms with van der Waals surface area (Å²) in [5.74, 6) is -0.551. The van der Waals surface area contributed by atoms with E-state index in [1.54, 1.807) is 18.2 Å². The van der Waals surface area contributed by atoms with Crippen molar-refractivity contribution in [2.75, 3.05) is 5.32 Å². The molecule has 0 unspecified atom stereocenters. The maximum atomic E-state index is 12.5. The second kappa shape index (κ2) is 8.22. The highest BCUT2D eigenvalue weighted by Crippen LogP contribution is 2.23. The molecule has 0 atom stereocenters. The number of furan rings is 1. The van der Waals surface area contributed by atoms with E-state index in [-0.39, 0.29) is 15.7 Å². The Morgan fingerprint density at radius 2 is 1.67 bits per heavy atom. The fraction of sp³-hybridized carbons (Fsp3) is 0.190. The summed E-state index contributed by atoms with van der Waals surface area (Å²) < 4.78 is 30.4. The Morgan fingerprint density at radius 1 is 0.963 bits per heavy atom. The van der Waals surface area contributed by atoms with E-state index in [0.29, 0.717) is 5.69 Å². The van der Waals surface area contributed by atoms with Gasteiger partial charge >= 0.3 is 0 Å². The first-order chi connectivity index (χ1) is 13.0. The Labute approximate surface area is 159 Å². The molecule has 1 amide bonds. The number of carbonyl (C=O) groups is 1. The van der Waals surface area contributed by atoms with Crippen molar-refractivity contribution in [1.29, 1.82) is 0 Å². The third-order valence-electron chi connectivity index (χ3n) is 4.15. The molecule has 0 fully saturated rings. The highest BCUT2D eigenvalue weighted by molar-refractivity contribution is 7.91. The zero-order valence-corrected chi connectivity index (χ0v) is 15.8. The molecule has 0 saturated heterocycles. The Bertz CT molecular complexity index is 1010. The van der Waals surface area contributed by atoms with Crippen LogP contribution >= 0.6 is 0 Å². The number of anilines is 1. The first kappa shape index (κ1) is 18.9. The number of sulfone groups is 1. The molecule has 27 heavy (non-hydrogen) atoms. The summed E-state index contributed by atoms with van der Waals surface area (Å²) in [5, 5.41) is 2.46. The van der Waals surface area contributed by atoms with Gasteiger partial charge in [-0.15, -0.1) is 0 Å². The van der Waals surface area contributed by atoms with E-state index in [1.165, 1.54) is 29.8 Å². The van der Waals surface area contributed by atoms with E-state index in [1.807, 2.05) is 24.3 Å². The average molecular weight is 383 g/mol. The summed E-state index contributed by atoms with van der Waals surface area (Å²) in [5.41, 5.74) is 1.84. The first-order valence-corrected chi connectivity index (χ1v) is 10.3. The van der Waals surface area contributed by atoms with E-state index in [9.17, 15) is 13.2 Å². The van der Waals surface area contributed by atoms with E-state index < -0.39 is 15.7 Å². The minimum absolute atomic E-state index is 0.0560. The number of carbonyl (C=O) groups excluding carboxylic acids is 1.